The highest BCUT2D eigenvalue weighted by atomic mass is 35.5. The molecule has 3 rings (SSSR count). The molecule has 0 saturated heterocycles. The molecule has 22 heavy (non-hydrogen) atoms. The summed E-state index contributed by atoms with van der Waals surface area (Å²) in [6.07, 6.45) is 2.56. The van der Waals surface area contributed by atoms with E-state index in [2.05, 4.69) is 28.5 Å². The lowest BCUT2D eigenvalue weighted by molar-refractivity contribution is 0.0954. The molecule has 0 saturated carbocycles. The largest absolute Gasteiger partial charge is 0.352 e. The molecular weight excluding hydrogens is 298 g/mol. The van der Waals surface area contributed by atoms with Crippen molar-refractivity contribution in [1.82, 2.24) is 14.9 Å². The van der Waals surface area contributed by atoms with Crippen LogP contribution in [0.15, 0.2) is 48.8 Å². The second-order valence-corrected chi connectivity index (χ2v) is 5.63. The lowest BCUT2D eigenvalue weighted by atomic mass is 10.1. The highest BCUT2D eigenvalue weighted by Gasteiger charge is 2.06. The predicted molar refractivity (Wildman–Crippen MR) is 88.2 cm³/mol. The smallest absolute Gasteiger partial charge is 0.251 e. The number of aromatic nitrogens is 2. The maximum atomic E-state index is 12.0. The molecule has 1 heterocycles. The first-order chi connectivity index (χ1) is 10.6. The first-order valence-corrected chi connectivity index (χ1v) is 7.45. The van der Waals surface area contributed by atoms with Gasteiger partial charge in [-0.25, -0.2) is 4.98 Å². The molecule has 1 amide bonds. The van der Waals surface area contributed by atoms with Crippen molar-refractivity contribution in [3.63, 3.8) is 0 Å². The lowest BCUT2D eigenvalue weighted by Gasteiger charge is -2.06. The zero-order chi connectivity index (χ0) is 15.5. The average Bonchev–Trinajstić information content (AvgIpc) is 2.88. The molecule has 2 aromatic carbocycles. The molecule has 5 heteroatoms. The van der Waals surface area contributed by atoms with Crippen LogP contribution in [0.4, 0.5) is 0 Å². The molecule has 1 aromatic heterocycles. The Labute approximate surface area is 133 Å². The number of aryl methyl sites for hydroxylation is 1. The molecule has 0 aliphatic heterocycles. The fourth-order valence-corrected chi connectivity index (χ4v) is 2.58. The molecule has 0 aliphatic rings. The minimum absolute atomic E-state index is 0.110. The van der Waals surface area contributed by atoms with Crippen LogP contribution in [0, 0.1) is 0 Å². The van der Waals surface area contributed by atoms with Crippen molar-refractivity contribution >= 4 is 28.5 Å². The van der Waals surface area contributed by atoms with Gasteiger partial charge in [0.15, 0.2) is 0 Å². The normalized spacial score (nSPS) is 10.8. The van der Waals surface area contributed by atoms with Gasteiger partial charge in [-0.05, 0) is 42.3 Å². The number of carbonyl (C=O) groups excluding carboxylic acids is 1. The van der Waals surface area contributed by atoms with E-state index in [-0.39, 0.29) is 5.91 Å². The minimum Gasteiger partial charge on any atom is -0.352 e. The number of nitrogens with one attached hydrogen (secondary N) is 1. The van der Waals surface area contributed by atoms with Gasteiger partial charge in [0, 0.05) is 24.2 Å². The minimum atomic E-state index is -0.110. The van der Waals surface area contributed by atoms with Crippen molar-refractivity contribution in [2.24, 2.45) is 7.05 Å². The fraction of sp³-hybridized carbons (Fsp3) is 0.176. The Bertz CT molecular complexity index is 826. The number of rotatable bonds is 4. The molecule has 0 fully saturated rings. The summed E-state index contributed by atoms with van der Waals surface area (Å²) in [5.41, 5.74) is 3.80. The molecule has 1 N–H and O–H groups in total. The van der Waals surface area contributed by atoms with E-state index in [9.17, 15) is 4.79 Å². The second-order valence-electron chi connectivity index (χ2n) is 5.19. The number of nitrogens with zero attached hydrogens (tertiary/aromatic N) is 2. The maximum Gasteiger partial charge on any atom is 0.251 e. The first kappa shape index (κ1) is 14.6. The van der Waals surface area contributed by atoms with Crippen LogP contribution in [0.1, 0.15) is 15.9 Å². The third-order valence-corrected chi connectivity index (χ3v) is 3.81. The molecule has 112 valence electrons. The van der Waals surface area contributed by atoms with Crippen LogP contribution in [0.5, 0.6) is 0 Å². The van der Waals surface area contributed by atoms with Crippen LogP contribution in [-0.2, 0) is 13.5 Å². The molecule has 0 atom stereocenters. The highest BCUT2D eigenvalue weighted by Crippen LogP contribution is 2.14. The van der Waals surface area contributed by atoms with Gasteiger partial charge in [0.05, 0.1) is 17.4 Å². The summed E-state index contributed by atoms with van der Waals surface area (Å²) in [4.78, 5) is 16.4. The van der Waals surface area contributed by atoms with Crippen LogP contribution < -0.4 is 5.32 Å². The molecule has 0 bridgehead atoms. The van der Waals surface area contributed by atoms with Crippen LogP contribution in [0.3, 0.4) is 0 Å². The van der Waals surface area contributed by atoms with Gasteiger partial charge in [-0.2, -0.15) is 0 Å². The Morgan fingerprint density at radius 1 is 1.27 bits per heavy atom. The number of benzene rings is 2. The van der Waals surface area contributed by atoms with Gasteiger partial charge in [0.25, 0.3) is 5.91 Å². The Kier molecular flexibility index (Phi) is 4.11. The second kappa shape index (κ2) is 6.20. The van der Waals surface area contributed by atoms with Gasteiger partial charge in [-0.3, -0.25) is 4.79 Å². The molecule has 3 aromatic rings. The summed E-state index contributed by atoms with van der Waals surface area (Å²) in [5, 5.41) is 3.47. The van der Waals surface area contributed by atoms with Crippen molar-refractivity contribution in [1.29, 1.82) is 0 Å². The summed E-state index contributed by atoms with van der Waals surface area (Å²) in [6, 6.07) is 13.1. The van der Waals surface area contributed by atoms with Crippen LogP contribution in [-0.4, -0.2) is 22.0 Å². The van der Waals surface area contributed by atoms with Crippen LogP contribution >= 0.6 is 11.6 Å². The molecule has 0 radical (unpaired) electrons. The lowest BCUT2D eigenvalue weighted by Crippen LogP contribution is -2.25. The summed E-state index contributed by atoms with van der Waals surface area (Å²) in [6.45, 7) is 0.573. The summed E-state index contributed by atoms with van der Waals surface area (Å²) < 4.78 is 1.99. The van der Waals surface area contributed by atoms with E-state index >= 15 is 0 Å². The maximum absolute atomic E-state index is 12.0. The average molecular weight is 314 g/mol. The zero-order valence-corrected chi connectivity index (χ0v) is 13.0. The van der Waals surface area contributed by atoms with E-state index < -0.39 is 0 Å². The zero-order valence-electron chi connectivity index (χ0n) is 12.2. The number of imidazole rings is 1. The topological polar surface area (TPSA) is 46.9 Å². The van der Waals surface area contributed by atoms with Crippen molar-refractivity contribution in [2.75, 3.05) is 6.54 Å². The SMILES string of the molecule is Cn1cnc2cc(CCNC(=O)c3cccc(Cl)c3)ccc21. The van der Waals surface area contributed by atoms with Gasteiger partial charge < -0.3 is 9.88 Å². The summed E-state index contributed by atoms with van der Waals surface area (Å²) in [5.74, 6) is -0.110. The van der Waals surface area contributed by atoms with Gasteiger partial charge in [0.1, 0.15) is 0 Å². The number of hydrogen-bond donors (Lipinski definition) is 1. The number of amides is 1. The van der Waals surface area contributed by atoms with Gasteiger partial charge in [-0.1, -0.05) is 23.7 Å². The summed E-state index contributed by atoms with van der Waals surface area (Å²) >= 11 is 5.89. The van der Waals surface area contributed by atoms with E-state index in [0.29, 0.717) is 17.1 Å². The van der Waals surface area contributed by atoms with Crippen molar-refractivity contribution in [3.05, 3.63) is 64.9 Å². The van der Waals surface area contributed by atoms with Gasteiger partial charge in [0.2, 0.25) is 0 Å². The van der Waals surface area contributed by atoms with Crippen molar-refractivity contribution in [3.8, 4) is 0 Å². The Hall–Kier alpha value is -2.33. The van der Waals surface area contributed by atoms with Gasteiger partial charge >= 0.3 is 0 Å². The van der Waals surface area contributed by atoms with Crippen molar-refractivity contribution in [2.45, 2.75) is 6.42 Å². The highest BCUT2D eigenvalue weighted by molar-refractivity contribution is 6.30. The van der Waals surface area contributed by atoms with Crippen molar-refractivity contribution < 1.29 is 4.79 Å². The van der Waals surface area contributed by atoms with E-state index in [4.69, 9.17) is 11.6 Å². The molecular formula is C17H16ClN3O. The standard InChI is InChI=1S/C17H16ClN3O/c1-21-11-20-15-9-12(5-6-16(15)21)7-8-19-17(22)13-3-2-4-14(18)10-13/h2-6,9-11H,7-8H2,1H3,(H,19,22). The number of carbonyl (C=O) groups is 1. The Morgan fingerprint density at radius 2 is 2.14 bits per heavy atom. The van der Waals surface area contributed by atoms with Gasteiger partial charge in [-0.15, -0.1) is 0 Å². The number of halogens is 1. The van der Waals surface area contributed by atoms with E-state index in [1.165, 1.54) is 0 Å². The monoisotopic (exact) mass is 313 g/mol. The Balaban J connectivity index is 1.61. The Morgan fingerprint density at radius 3 is 2.95 bits per heavy atom. The summed E-state index contributed by atoms with van der Waals surface area (Å²) in [7, 11) is 1.97. The fourth-order valence-electron chi connectivity index (χ4n) is 2.39. The molecule has 0 unspecified atom stereocenters. The molecule has 0 aliphatic carbocycles. The molecule has 0 spiro atoms. The van der Waals surface area contributed by atoms with Crippen LogP contribution in [0.25, 0.3) is 11.0 Å². The number of hydrogen-bond acceptors (Lipinski definition) is 2. The first-order valence-electron chi connectivity index (χ1n) is 7.07. The third-order valence-electron chi connectivity index (χ3n) is 3.58. The van der Waals surface area contributed by atoms with Crippen LogP contribution in [0.2, 0.25) is 5.02 Å². The van der Waals surface area contributed by atoms with E-state index in [0.717, 1.165) is 23.0 Å². The third kappa shape index (κ3) is 3.12. The van der Waals surface area contributed by atoms with E-state index in [1.54, 1.807) is 30.6 Å². The molecule has 4 nitrogen and oxygen atoms in total. The number of fused-ring (bicyclic) bond motifs is 1. The van der Waals surface area contributed by atoms with E-state index in [1.807, 2.05) is 11.6 Å². The predicted octanol–water partition coefficient (Wildman–Crippen LogP) is 3.20. The quantitative estimate of drug-likeness (QED) is 0.804.